The molecular weight excluding hydrogens is 369 g/mol. The van der Waals surface area contributed by atoms with Gasteiger partial charge in [0.25, 0.3) is 0 Å². The van der Waals surface area contributed by atoms with Gasteiger partial charge in [0.15, 0.2) is 0 Å². The van der Waals surface area contributed by atoms with Crippen LogP contribution in [0.4, 0.5) is 0 Å². The first-order valence-corrected chi connectivity index (χ1v) is 10.3. The van der Waals surface area contributed by atoms with E-state index >= 15 is 0 Å². The van der Waals surface area contributed by atoms with Crippen molar-refractivity contribution in [3.8, 4) is 0 Å². The Morgan fingerprint density at radius 2 is 1.68 bits per heavy atom. The molecule has 0 aliphatic carbocycles. The Morgan fingerprint density at radius 1 is 1.14 bits per heavy atom. The van der Waals surface area contributed by atoms with Gasteiger partial charge in [0.05, 0.1) is 18.8 Å². The number of phosphoric acid groups is 3. The number of phosphoric ester groups is 1. The fraction of sp³-hybridized carbons (Fsp3) is 1.00. The van der Waals surface area contributed by atoms with Gasteiger partial charge in [0.2, 0.25) is 0 Å². The van der Waals surface area contributed by atoms with Crippen molar-refractivity contribution in [3.05, 3.63) is 0 Å². The largest absolute Gasteiger partial charge is 0.490 e. The highest BCUT2D eigenvalue weighted by molar-refractivity contribution is 7.66. The Balaban J connectivity index is 2.67. The summed E-state index contributed by atoms with van der Waals surface area (Å²) in [5, 5.41) is 9.75. The van der Waals surface area contributed by atoms with Gasteiger partial charge in [-0.2, -0.15) is 8.62 Å². The van der Waals surface area contributed by atoms with E-state index in [1.807, 2.05) is 0 Å². The second-order valence-electron chi connectivity index (χ2n) is 4.86. The molecule has 1 saturated heterocycles. The molecule has 22 heavy (non-hydrogen) atoms. The molecule has 3 unspecified atom stereocenters. The molecule has 5 N–H and O–H groups in total. The number of rotatable bonds is 7. The van der Waals surface area contributed by atoms with Crippen molar-refractivity contribution in [2.24, 2.45) is 0 Å². The highest BCUT2D eigenvalue weighted by atomic mass is 31.3. The second kappa shape index (κ2) is 6.68. The summed E-state index contributed by atoms with van der Waals surface area (Å²) in [5.41, 5.74) is -1.36. The van der Waals surface area contributed by atoms with Gasteiger partial charge in [-0.3, -0.25) is 4.52 Å². The molecule has 0 aromatic carbocycles. The summed E-state index contributed by atoms with van der Waals surface area (Å²) < 4.78 is 49.9. The first-order chi connectivity index (χ1) is 9.64. The molecule has 12 nitrogen and oxygen atoms in total. The van der Waals surface area contributed by atoms with E-state index in [0.29, 0.717) is 0 Å². The van der Waals surface area contributed by atoms with Crippen molar-refractivity contribution < 1.29 is 56.3 Å². The van der Waals surface area contributed by atoms with Crippen molar-refractivity contribution >= 4 is 23.5 Å². The average Bonchev–Trinajstić information content (AvgIpc) is 2.45. The molecule has 1 heterocycles. The normalized spacial score (nSPS) is 35.0. The summed E-state index contributed by atoms with van der Waals surface area (Å²) in [7, 11) is -16.2. The molecule has 1 aliphatic rings. The van der Waals surface area contributed by atoms with Gasteiger partial charge in [0, 0.05) is 6.42 Å². The third kappa shape index (κ3) is 6.45. The van der Waals surface area contributed by atoms with Crippen molar-refractivity contribution in [2.45, 2.75) is 38.1 Å². The summed E-state index contributed by atoms with van der Waals surface area (Å²) >= 11 is 0. The van der Waals surface area contributed by atoms with Crippen LogP contribution in [-0.2, 0) is 31.6 Å². The van der Waals surface area contributed by atoms with Crippen LogP contribution in [0.5, 0.6) is 0 Å². The lowest BCUT2D eigenvalue weighted by Crippen LogP contribution is -2.40. The summed E-state index contributed by atoms with van der Waals surface area (Å²) in [6.07, 6.45) is -1.12. The molecule has 1 rings (SSSR count). The third-order valence-electron chi connectivity index (χ3n) is 2.66. The van der Waals surface area contributed by atoms with Crippen molar-refractivity contribution in [3.63, 3.8) is 0 Å². The summed E-state index contributed by atoms with van der Waals surface area (Å²) in [4.78, 5) is 35.0. The van der Waals surface area contributed by atoms with Gasteiger partial charge in [-0.1, -0.05) is 0 Å². The summed E-state index contributed by atoms with van der Waals surface area (Å²) in [6, 6.07) is 0. The fourth-order valence-corrected chi connectivity index (χ4v) is 4.91. The van der Waals surface area contributed by atoms with E-state index < -0.39 is 41.8 Å². The minimum absolute atomic E-state index is 0.246. The third-order valence-corrected chi connectivity index (χ3v) is 6.44. The topological polar surface area (TPSA) is 189 Å². The lowest BCUT2D eigenvalue weighted by Gasteiger charge is -2.28. The summed E-state index contributed by atoms with van der Waals surface area (Å²) in [6.45, 7) is 2.35. The lowest BCUT2D eigenvalue weighted by atomic mass is 10.0. The molecule has 0 amide bonds. The highest BCUT2D eigenvalue weighted by Crippen LogP contribution is 2.66. The zero-order valence-electron chi connectivity index (χ0n) is 11.5. The van der Waals surface area contributed by atoms with Crippen molar-refractivity contribution in [1.82, 2.24) is 0 Å². The molecule has 1 aliphatic heterocycles. The van der Waals surface area contributed by atoms with Crippen LogP contribution in [0.15, 0.2) is 0 Å². The number of ether oxygens (including phenoxy) is 1. The van der Waals surface area contributed by atoms with Gasteiger partial charge in [-0.25, -0.2) is 13.7 Å². The Morgan fingerprint density at radius 3 is 2.09 bits per heavy atom. The molecule has 0 spiro atoms. The zero-order chi connectivity index (χ0) is 17.4. The average molecular weight is 386 g/mol. The predicted molar refractivity (Wildman–Crippen MR) is 69.4 cm³/mol. The lowest BCUT2D eigenvalue weighted by molar-refractivity contribution is -0.0926. The maximum absolute atomic E-state index is 11.5. The number of aliphatic hydroxyl groups is 1. The second-order valence-corrected chi connectivity index (χ2v) is 9.28. The van der Waals surface area contributed by atoms with Crippen LogP contribution in [0.2, 0.25) is 0 Å². The van der Waals surface area contributed by atoms with E-state index in [2.05, 4.69) is 13.1 Å². The van der Waals surface area contributed by atoms with Crippen LogP contribution in [0.25, 0.3) is 0 Å². The van der Waals surface area contributed by atoms with E-state index in [-0.39, 0.29) is 12.5 Å². The quantitative estimate of drug-likeness (QED) is 0.376. The maximum Gasteiger partial charge on any atom is 0.490 e. The minimum Gasteiger partial charge on any atom is -0.390 e. The monoisotopic (exact) mass is 386 g/mol. The number of hydrogen-bond acceptors (Lipinski definition) is 8. The highest BCUT2D eigenvalue weighted by Gasteiger charge is 2.46. The molecule has 0 aromatic heterocycles. The van der Waals surface area contributed by atoms with Crippen molar-refractivity contribution in [1.29, 1.82) is 0 Å². The van der Waals surface area contributed by atoms with Gasteiger partial charge in [0.1, 0.15) is 5.60 Å². The minimum atomic E-state index is -5.55. The first kappa shape index (κ1) is 20.4. The van der Waals surface area contributed by atoms with Gasteiger partial charge in [-0.15, -0.1) is 0 Å². The van der Waals surface area contributed by atoms with E-state index in [9.17, 15) is 23.7 Å². The molecule has 5 atom stereocenters. The van der Waals surface area contributed by atoms with Crippen molar-refractivity contribution in [2.75, 3.05) is 6.61 Å². The molecule has 0 radical (unpaired) electrons. The Labute approximate surface area is 125 Å². The molecule has 15 heteroatoms. The zero-order valence-corrected chi connectivity index (χ0v) is 14.2. The van der Waals surface area contributed by atoms with Gasteiger partial charge < -0.3 is 29.4 Å². The molecule has 0 aromatic rings. The molecule has 1 fully saturated rings. The molecule has 132 valence electrons. The van der Waals surface area contributed by atoms with Crippen LogP contribution in [-0.4, -0.2) is 49.1 Å². The Hall–Kier alpha value is 0.330. The van der Waals surface area contributed by atoms with Crippen LogP contribution in [0.1, 0.15) is 20.3 Å². The SMILES string of the molecule is C[C@H]1CC(O)[C@@](C)(COP(=O)(O)OP(=O)(O)OP(=O)(O)O)O1. The number of aliphatic hydroxyl groups excluding tert-OH is 1. The number of hydrogen-bond donors (Lipinski definition) is 5. The molecule has 0 saturated carbocycles. The van der Waals surface area contributed by atoms with E-state index in [4.69, 9.17) is 19.4 Å². The first-order valence-electron chi connectivity index (χ1n) is 5.78. The maximum atomic E-state index is 11.5. The Kier molecular flexibility index (Phi) is 6.19. The van der Waals surface area contributed by atoms with Crippen LogP contribution < -0.4 is 0 Å². The summed E-state index contributed by atoms with van der Waals surface area (Å²) in [5.74, 6) is 0. The van der Waals surface area contributed by atoms with Crippen LogP contribution in [0.3, 0.4) is 0 Å². The smallest absolute Gasteiger partial charge is 0.390 e. The fourth-order valence-electron chi connectivity index (χ4n) is 1.79. The van der Waals surface area contributed by atoms with E-state index in [1.54, 1.807) is 6.92 Å². The van der Waals surface area contributed by atoms with Crippen LogP contribution >= 0.6 is 23.5 Å². The van der Waals surface area contributed by atoms with Gasteiger partial charge in [-0.05, 0) is 13.8 Å². The molecular formula is C7H17O12P3. The Bertz CT molecular complexity index is 543. The van der Waals surface area contributed by atoms with Gasteiger partial charge >= 0.3 is 23.5 Å². The van der Waals surface area contributed by atoms with E-state index in [1.165, 1.54) is 6.92 Å². The standard InChI is InChI=1S/C7H17O12P3/c1-5-3-6(8)7(2,17-5)4-16-21(12,13)19-22(14,15)18-20(9,10)11/h5-6,8H,3-4H2,1-2H3,(H,12,13)(H,14,15)(H2,9,10,11)/t5-,6?,7+/m0/s1. The predicted octanol–water partition coefficient (Wildman–Crippen LogP) is 0.258. The van der Waals surface area contributed by atoms with Crippen LogP contribution in [0, 0.1) is 0 Å². The van der Waals surface area contributed by atoms with E-state index in [0.717, 1.165) is 0 Å². The molecule has 0 bridgehead atoms.